The van der Waals surface area contributed by atoms with Crippen LogP contribution in [0.3, 0.4) is 0 Å². The van der Waals surface area contributed by atoms with Gasteiger partial charge >= 0.3 is 6.85 Å². The van der Waals surface area contributed by atoms with Crippen molar-refractivity contribution in [3.8, 4) is 50.3 Å². The minimum atomic E-state index is -0.0679. The molecule has 0 saturated heterocycles. The molecule has 0 unspecified atom stereocenters. The van der Waals surface area contributed by atoms with Crippen molar-refractivity contribution in [1.82, 2.24) is 9.05 Å². The number of benzene rings is 7. The third-order valence-corrected chi connectivity index (χ3v) is 15.3. The van der Waals surface area contributed by atoms with Gasteiger partial charge in [0.2, 0.25) is 0 Å². The van der Waals surface area contributed by atoms with Crippen molar-refractivity contribution in [3.63, 3.8) is 0 Å². The van der Waals surface area contributed by atoms with Crippen molar-refractivity contribution in [3.05, 3.63) is 161 Å². The molecule has 0 saturated carbocycles. The van der Waals surface area contributed by atoms with E-state index in [4.69, 9.17) is 0 Å². The lowest BCUT2D eigenvalue weighted by atomic mass is 9.45. The van der Waals surface area contributed by atoms with Crippen LogP contribution in [0.15, 0.2) is 133 Å². The van der Waals surface area contributed by atoms with Crippen molar-refractivity contribution in [1.29, 1.82) is 0 Å². The average molecular weight is 875 g/mol. The first-order valence-corrected chi connectivity index (χ1v) is 24.7. The Balaban J connectivity index is 1.33. The second kappa shape index (κ2) is 14.2. The van der Waals surface area contributed by atoms with Crippen molar-refractivity contribution in [2.45, 2.75) is 131 Å². The van der Waals surface area contributed by atoms with E-state index in [0.717, 1.165) is 0 Å². The van der Waals surface area contributed by atoms with Crippen molar-refractivity contribution >= 4 is 50.5 Å². The van der Waals surface area contributed by atoms with Gasteiger partial charge in [-0.15, -0.1) is 0 Å². The standard InChI is InChI=1S/C64H67BN2/c1-60(2,3)42-25-19-38(20-26-42)41-33-49-47-17-16-18-54-56(47)65(52-37-46(64(13,14)15)36-50-48-35-45(63(10,11)12)31-32-53(48)66(54)59(50)52)67-57(40-23-29-44(30-24-40)62(7,8)9)55(51(34-41)58(49)67)39-21-27-43(28-22-39)61(4,5)6/h16-37H,1-15H3. The molecule has 2 nitrogen and oxygen atoms in total. The van der Waals surface area contributed by atoms with Gasteiger partial charge in [-0.05, 0) is 130 Å². The molecule has 0 amide bonds. The summed E-state index contributed by atoms with van der Waals surface area (Å²) in [4.78, 5) is 0. The Morgan fingerprint density at radius 1 is 0.373 bits per heavy atom. The van der Waals surface area contributed by atoms with Crippen molar-refractivity contribution in [2.75, 3.05) is 0 Å². The topological polar surface area (TPSA) is 9.86 Å². The summed E-state index contributed by atoms with van der Waals surface area (Å²) >= 11 is 0. The number of fused-ring (bicyclic) bond motifs is 7. The largest absolute Gasteiger partial charge is 0.375 e. The van der Waals surface area contributed by atoms with Gasteiger partial charge in [0.25, 0.3) is 0 Å². The minimum absolute atomic E-state index is 0.0197. The van der Waals surface area contributed by atoms with E-state index in [-0.39, 0.29) is 33.9 Å². The molecule has 7 aromatic carbocycles. The molecule has 11 rings (SSSR count). The molecule has 9 aromatic rings. The van der Waals surface area contributed by atoms with Gasteiger partial charge in [-0.3, -0.25) is 0 Å². The lowest BCUT2D eigenvalue weighted by Gasteiger charge is -2.35. The zero-order valence-electron chi connectivity index (χ0n) is 42.7. The molecule has 0 fully saturated rings. The van der Waals surface area contributed by atoms with E-state index in [9.17, 15) is 0 Å². The average Bonchev–Trinajstić information content (AvgIpc) is 3.78. The highest BCUT2D eigenvalue weighted by Crippen LogP contribution is 2.50. The van der Waals surface area contributed by atoms with E-state index in [0.29, 0.717) is 0 Å². The fraction of sp³-hybridized carbons (Fsp3) is 0.312. The first kappa shape index (κ1) is 43.5. The third-order valence-electron chi connectivity index (χ3n) is 15.3. The summed E-state index contributed by atoms with van der Waals surface area (Å²) in [5.41, 5.74) is 25.0. The molecule has 67 heavy (non-hydrogen) atoms. The van der Waals surface area contributed by atoms with Crippen LogP contribution in [0, 0.1) is 0 Å². The maximum atomic E-state index is 2.80. The van der Waals surface area contributed by atoms with E-state index in [2.05, 4.69) is 246 Å². The predicted octanol–water partition coefficient (Wildman–Crippen LogP) is 16.2. The second-order valence-corrected chi connectivity index (χ2v) is 25.2. The molecule has 2 aliphatic heterocycles. The van der Waals surface area contributed by atoms with Gasteiger partial charge in [-0.2, -0.15) is 0 Å². The summed E-state index contributed by atoms with van der Waals surface area (Å²) in [6.45, 7) is 34.9. The lowest BCUT2D eigenvalue weighted by Crippen LogP contribution is -2.55. The molecule has 2 aliphatic rings. The van der Waals surface area contributed by atoms with Crippen molar-refractivity contribution < 1.29 is 0 Å². The first-order valence-electron chi connectivity index (χ1n) is 24.7. The van der Waals surface area contributed by atoms with E-state index in [1.165, 1.54) is 122 Å². The number of nitrogens with zero attached hydrogens (tertiary/aromatic N) is 2. The van der Waals surface area contributed by atoms with Gasteiger partial charge < -0.3 is 9.05 Å². The Morgan fingerprint density at radius 3 is 1.43 bits per heavy atom. The first-order chi connectivity index (χ1) is 31.4. The van der Waals surface area contributed by atoms with E-state index < -0.39 is 0 Å². The molecule has 0 atom stereocenters. The highest BCUT2D eigenvalue weighted by molar-refractivity contribution is 6.90. The monoisotopic (exact) mass is 875 g/mol. The van der Waals surface area contributed by atoms with Gasteiger partial charge in [-0.25, -0.2) is 0 Å². The van der Waals surface area contributed by atoms with Crippen LogP contribution < -0.4 is 10.9 Å². The molecule has 3 heteroatoms. The summed E-state index contributed by atoms with van der Waals surface area (Å²) < 4.78 is 5.42. The van der Waals surface area contributed by atoms with Crippen LogP contribution >= 0.6 is 0 Å². The molecule has 336 valence electrons. The lowest BCUT2D eigenvalue weighted by molar-refractivity contribution is 0.590. The molecular weight excluding hydrogens is 808 g/mol. The zero-order chi connectivity index (χ0) is 47.5. The Bertz CT molecular complexity index is 3480. The Labute approximate surface area is 400 Å². The SMILES string of the molecule is CC(C)(C)c1ccc(-c2cc3c4c(c2)c(-c2ccc(C(C)(C)C)cc2)c(-c2ccc(C(C)(C)C)cc2)n4B2c4c-3cccc4-n3c4ccc(C(C)(C)C)cc4c4cc(C(C)(C)C)cc2c43)cc1. The quantitative estimate of drug-likeness (QED) is 0.157. The van der Waals surface area contributed by atoms with Gasteiger partial charge in [0, 0.05) is 44.2 Å². The second-order valence-electron chi connectivity index (χ2n) is 25.2. The summed E-state index contributed by atoms with van der Waals surface area (Å²) in [7, 11) is 0. The summed E-state index contributed by atoms with van der Waals surface area (Å²) in [5.74, 6) is 0. The summed E-state index contributed by atoms with van der Waals surface area (Å²) in [5, 5.41) is 3.97. The van der Waals surface area contributed by atoms with Crippen LogP contribution in [0.25, 0.3) is 83.0 Å². The van der Waals surface area contributed by atoms with Crippen LogP contribution in [0.4, 0.5) is 0 Å². The van der Waals surface area contributed by atoms with Crippen molar-refractivity contribution in [2.24, 2.45) is 0 Å². The summed E-state index contributed by atoms with van der Waals surface area (Å²) in [6, 6.07) is 53.0. The van der Waals surface area contributed by atoms with Gasteiger partial charge in [0.05, 0.1) is 11.0 Å². The Kier molecular flexibility index (Phi) is 9.25. The molecule has 0 N–H and O–H groups in total. The fourth-order valence-corrected chi connectivity index (χ4v) is 11.3. The van der Waals surface area contributed by atoms with E-state index >= 15 is 0 Å². The molecule has 0 radical (unpaired) electrons. The Hall–Kier alpha value is -6.06. The molecule has 0 spiro atoms. The van der Waals surface area contributed by atoms with Gasteiger partial charge in [0.1, 0.15) is 0 Å². The van der Waals surface area contributed by atoms with E-state index in [1.54, 1.807) is 0 Å². The predicted molar refractivity (Wildman–Crippen MR) is 292 cm³/mol. The third kappa shape index (κ3) is 6.73. The van der Waals surface area contributed by atoms with E-state index in [1.807, 2.05) is 0 Å². The maximum absolute atomic E-state index is 2.80. The molecular formula is C64H67BN2. The number of rotatable bonds is 3. The smallest absolute Gasteiger partial charge is 0.333 e. The molecule has 4 heterocycles. The number of aromatic nitrogens is 2. The summed E-state index contributed by atoms with van der Waals surface area (Å²) in [6.07, 6.45) is 0. The molecule has 0 bridgehead atoms. The van der Waals surface area contributed by atoms with Crippen LogP contribution in [-0.2, 0) is 27.1 Å². The molecule has 0 aliphatic carbocycles. The Morgan fingerprint density at radius 2 is 0.881 bits per heavy atom. The number of hydrogen-bond donors (Lipinski definition) is 0. The van der Waals surface area contributed by atoms with Crippen LogP contribution in [0.2, 0.25) is 0 Å². The zero-order valence-corrected chi connectivity index (χ0v) is 42.7. The minimum Gasteiger partial charge on any atom is -0.375 e. The normalized spacial score (nSPS) is 13.9. The number of hydrogen-bond acceptors (Lipinski definition) is 0. The van der Waals surface area contributed by atoms with Crippen LogP contribution in [0.5, 0.6) is 0 Å². The highest BCUT2D eigenvalue weighted by Gasteiger charge is 2.44. The molecule has 2 aromatic heterocycles. The van der Waals surface area contributed by atoms with Crippen LogP contribution in [0.1, 0.15) is 132 Å². The van der Waals surface area contributed by atoms with Gasteiger partial charge in [0.15, 0.2) is 0 Å². The van der Waals surface area contributed by atoms with Gasteiger partial charge in [-0.1, -0.05) is 201 Å². The maximum Gasteiger partial charge on any atom is 0.333 e. The highest BCUT2D eigenvalue weighted by atomic mass is 15.0. The fourth-order valence-electron chi connectivity index (χ4n) is 11.3. The van der Waals surface area contributed by atoms with Crippen LogP contribution in [-0.4, -0.2) is 15.9 Å².